The van der Waals surface area contributed by atoms with E-state index in [1.165, 1.54) is 13.3 Å². The first-order chi connectivity index (χ1) is 18.1. The number of aromatic nitrogens is 3. The molecule has 3 heterocycles. The van der Waals surface area contributed by atoms with Gasteiger partial charge in [0.05, 0.1) is 16.5 Å². The summed E-state index contributed by atoms with van der Waals surface area (Å²) in [4.78, 5) is 34.0. The number of esters is 2. The van der Waals surface area contributed by atoms with Crippen LogP contribution in [0.25, 0.3) is 11.0 Å². The Hall–Kier alpha value is -3.79. The van der Waals surface area contributed by atoms with Gasteiger partial charge in [0.2, 0.25) is 0 Å². The molecule has 9 nitrogen and oxygen atoms in total. The SMILES string of the molecule is Cc1ccc(C(=O)OC[C@H]2O[C@@H](n3ccc4c(Cl)ncnc43)[C@](C)(O)[C@@H]2OC(=O)c2ccc(C)cc2)cc1. The lowest BCUT2D eigenvalue weighted by Gasteiger charge is -2.30. The number of rotatable bonds is 6. The van der Waals surface area contributed by atoms with E-state index in [2.05, 4.69) is 9.97 Å². The van der Waals surface area contributed by atoms with E-state index in [1.807, 2.05) is 13.8 Å². The summed E-state index contributed by atoms with van der Waals surface area (Å²) in [5.74, 6) is -1.21. The number of fused-ring (bicyclic) bond motifs is 1. The summed E-state index contributed by atoms with van der Waals surface area (Å²) < 4.78 is 19.1. The van der Waals surface area contributed by atoms with E-state index < -0.39 is 36.0 Å². The third-order valence-electron chi connectivity index (χ3n) is 6.62. The first kappa shape index (κ1) is 25.8. The average molecular weight is 536 g/mol. The molecule has 1 saturated heterocycles. The van der Waals surface area contributed by atoms with Crippen molar-refractivity contribution in [3.8, 4) is 0 Å². The fourth-order valence-electron chi connectivity index (χ4n) is 4.49. The molecule has 1 N–H and O–H groups in total. The molecule has 1 aliphatic rings. The van der Waals surface area contributed by atoms with Gasteiger partial charge in [-0.25, -0.2) is 19.6 Å². The van der Waals surface area contributed by atoms with Crippen molar-refractivity contribution in [3.05, 3.63) is 94.5 Å². The number of carbonyl (C=O) groups excluding carboxylic acids is 2. The number of aliphatic hydroxyl groups is 1. The number of nitrogens with zero attached hydrogens (tertiary/aromatic N) is 3. The van der Waals surface area contributed by atoms with Crippen molar-refractivity contribution in [1.82, 2.24) is 14.5 Å². The predicted molar refractivity (Wildman–Crippen MR) is 139 cm³/mol. The van der Waals surface area contributed by atoms with Crippen molar-refractivity contribution in [1.29, 1.82) is 0 Å². The minimum Gasteiger partial charge on any atom is -0.459 e. The fourth-order valence-corrected chi connectivity index (χ4v) is 4.68. The van der Waals surface area contributed by atoms with Crippen LogP contribution in [0.15, 0.2) is 67.1 Å². The number of hydrogen-bond donors (Lipinski definition) is 1. The minimum atomic E-state index is -1.73. The highest BCUT2D eigenvalue weighted by molar-refractivity contribution is 6.33. The van der Waals surface area contributed by atoms with E-state index in [0.29, 0.717) is 22.2 Å². The number of ether oxygens (including phenoxy) is 3. The third kappa shape index (κ3) is 4.88. The zero-order valence-electron chi connectivity index (χ0n) is 21.0. The van der Waals surface area contributed by atoms with Crippen LogP contribution in [0.4, 0.5) is 0 Å². The van der Waals surface area contributed by atoms with Gasteiger partial charge in [-0.05, 0) is 51.1 Å². The van der Waals surface area contributed by atoms with Gasteiger partial charge in [-0.3, -0.25) is 0 Å². The molecule has 0 spiro atoms. The van der Waals surface area contributed by atoms with Gasteiger partial charge in [0.25, 0.3) is 0 Å². The van der Waals surface area contributed by atoms with Gasteiger partial charge in [0.1, 0.15) is 35.4 Å². The number of hydrogen-bond acceptors (Lipinski definition) is 8. The van der Waals surface area contributed by atoms with E-state index in [9.17, 15) is 14.7 Å². The lowest BCUT2D eigenvalue weighted by atomic mass is 9.96. The van der Waals surface area contributed by atoms with Gasteiger partial charge < -0.3 is 23.9 Å². The maximum absolute atomic E-state index is 13.0. The summed E-state index contributed by atoms with van der Waals surface area (Å²) in [5, 5.41) is 12.5. The molecule has 2 aromatic carbocycles. The van der Waals surface area contributed by atoms with Crippen LogP contribution in [0.5, 0.6) is 0 Å². The van der Waals surface area contributed by atoms with E-state index in [1.54, 1.807) is 65.4 Å². The lowest BCUT2D eigenvalue weighted by Crippen LogP contribution is -2.47. The lowest BCUT2D eigenvalue weighted by molar-refractivity contribution is -0.0976. The molecule has 38 heavy (non-hydrogen) atoms. The molecule has 0 amide bonds. The minimum absolute atomic E-state index is 0.248. The van der Waals surface area contributed by atoms with Crippen molar-refractivity contribution in [3.63, 3.8) is 0 Å². The Labute approximate surface area is 223 Å². The van der Waals surface area contributed by atoms with Gasteiger partial charge >= 0.3 is 11.9 Å². The molecule has 0 radical (unpaired) electrons. The molecular weight excluding hydrogens is 510 g/mol. The number of aryl methyl sites for hydroxylation is 2. The number of benzene rings is 2. The van der Waals surface area contributed by atoms with Crippen LogP contribution in [-0.2, 0) is 14.2 Å². The van der Waals surface area contributed by atoms with Crippen molar-refractivity contribution >= 4 is 34.6 Å². The largest absolute Gasteiger partial charge is 0.459 e. The maximum Gasteiger partial charge on any atom is 0.338 e. The summed E-state index contributed by atoms with van der Waals surface area (Å²) in [7, 11) is 0. The van der Waals surface area contributed by atoms with E-state index in [0.717, 1.165) is 11.1 Å². The summed E-state index contributed by atoms with van der Waals surface area (Å²) in [5.41, 5.74) is 1.37. The summed E-state index contributed by atoms with van der Waals surface area (Å²) in [6.45, 7) is 5.06. The molecule has 0 saturated carbocycles. The van der Waals surface area contributed by atoms with Crippen LogP contribution in [0.2, 0.25) is 5.15 Å². The highest BCUT2D eigenvalue weighted by Crippen LogP contribution is 2.42. The van der Waals surface area contributed by atoms with Crippen molar-refractivity contribution in [2.24, 2.45) is 0 Å². The molecule has 196 valence electrons. The topological polar surface area (TPSA) is 113 Å². The van der Waals surface area contributed by atoms with E-state index in [-0.39, 0.29) is 11.8 Å². The molecule has 4 atom stereocenters. The van der Waals surface area contributed by atoms with Crippen LogP contribution in [0, 0.1) is 13.8 Å². The van der Waals surface area contributed by atoms with Crippen LogP contribution in [0.3, 0.4) is 0 Å². The Balaban J connectivity index is 1.44. The summed E-state index contributed by atoms with van der Waals surface area (Å²) in [6.07, 6.45) is -0.231. The number of halogens is 1. The first-order valence-electron chi connectivity index (χ1n) is 12.0. The third-order valence-corrected chi connectivity index (χ3v) is 6.92. The van der Waals surface area contributed by atoms with Gasteiger partial charge in [0, 0.05) is 6.20 Å². The Kier molecular flexibility index (Phi) is 6.92. The normalized spacial score (nSPS) is 22.9. The molecule has 1 aliphatic heterocycles. The second-order valence-corrected chi connectivity index (χ2v) is 9.89. The second-order valence-electron chi connectivity index (χ2n) is 9.53. The van der Waals surface area contributed by atoms with Gasteiger partial charge in [0.15, 0.2) is 12.3 Å². The van der Waals surface area contributed by atoms with E-state index >= 15 is 0 Å². The number of carbonyl (C=O) groups is 2. The molecule has 1 fully saturated rings. The van der Waals surface area contributed by atoms with Crippen LogP contribution >= 0.6 is 11.6 Å². The summed E-state index contributed by atoms with van der Waals surface area (Å²) in [6, 6.07) is 15.5. The average Bonchev–Trinajstić information content (AvgIpc) is 3.42. The van der Waals surface area contributed by atoms with Crippen LogP contribution < -0.4 is 0 Å². The van der Waals surface area contributed by atoms with Crippen molar-refractivity contribution < 1.29 is 28.9 Å². The Morgan fingerprint density at radius 2 is 1.61 bits per heavy atom. The maximum atomic E-state index is 13.0. The van der Waals surface area contributed by atoms with E-state index in [4.69, 9.17) is 25.8 Å². The fraction of sp³-hybridized carbons (Fsp3) is 0.286. The second kappa shape index (κ2) is 10.2. The molecule has 10 heteroatoms. The highest BCUT2D eigenvalue weighted by atomic mass is 35.5. The zero-order valence-corrected chi connectivity index (χ0v) is 21.8. The molecule has 0 unspecified atom stereocenters. The van der Waals surface area contributed by atoms with Crippen LogP contribution in [-0.4, -0.2) is 56.0 Å². The smallest absolute Gasteiger partial charge is 0.338 e. The standard InChI is InChI=1S/C28H26ClN3O6/c1-16-4-8-18(9-5-16)25(33)36-14-21-22(38-26(34)19-10-6-17(2)7-11-19)28(3,35)27(37-21)32-13-12-20-23(29)30-15-31-24(20)32/h4-13,15,21-22,27,35H,14H2,1-3H3/t21-,22-,27-,28-/m1/s1. The summed E-state index contributed by atoms with van der Waals surface area (Å²) >= 11 is 6.21. The van der Waals surface area contributed by atoms with Gasteiger partial charge in [-0.2, -0.15) is 0 Å². The molecular formula is C28H26ClN3O6. The first-order valence-corrected chi connectivity index (χ1v) is 12.4. The molecule has 0 bridgehead atoms. The molecule has 5 rings (SSSR count). The Bertz CT molecular complexity index is 1480. The zero-order chi connectivity index (χ0) is 27.0. The molecule has 4 aromatic rings. The quantitative estimate of drug-likeness (QED) is 0.285. The van der Waals surface area contributed by atoms with Gasteiger partial charge in [-0.15, -0.1) is 0 Å². The molecule has 0 aliphatic carbocycles. The predicted octanol–water partition coefficient (Wildman–Crippen LogP) is 4.43. The Morgan fingerprint density at radius 3 is 2.24 bits per heavy atom. The van der Waals surface area contributed by atoms with Crippen LogP contribution in [0.1, 0.15) is 45.0 Å². The monoisotopic (exact) mass is 535 g/mol. The van der Waals surface area contributed by atoms with Crippen molar-refractivity contribution in [2.45, 2.75) is 44.8 Å². The Morgan fingerprint density at radius 1 is 1.00 bits per heavy atom. The van der Waals surface area contributed by atoms with Gasteiger partial charge in [-0.1, -0.05) is 47.0 Å². The van der Waals surface area contributed by atoms with Crippen molar-refractivity contribution in [2.75, 3.05) is 6.61 Å². The highest BCUT2D eigenvalue weighted by Gasteiger charge is 2.56. The molecule has 2 aromatic heterocycles.